The molecule has 0 aliphatic heterocycles. The van der Waals surface area contributed by atoms with Gasteiger partial charge in [-0.3, -0.25) is 14.2 Å². The molecule has 6 heteroatoms. The van der Waals surface area contributed by atoms with E-state index in [1.165, 1.54) is 9.13 Å². The fourth-order valence-electron chi connectivity index (χ4n) is 3.23. The van der Waals surface area contributed by atoms with Crippen LogP contribution in [-0.2, 0) is 17.8 Å². The van der Waals surface area contributed by atoms with Gasteiger partial charge in [-0.05, 0) is 36.1 Å². The Hall–Kier alpha value is -3.15. The number of aryl methyl sites for hydroxylation is 1. The van der Waals surface area contributed by atoms with Crippen LogP contribution in [0, 0.1) is 5.92 Å². The highest BCUT2D eigenvalue weighted by atomic mass is 16.2. The van der Waals surface area contributed by atoms with E-state index in [-0.39, 0.29) is 18.0 Å². The van der Waals surface area contributed by atoms with E-state index >= 15 is 0 Å². The highest BCUT2D eigenvalue weighted by Gasteiger charge is 2.17. The van der Waals surface area contributed by atoms with E-state index in [1.54, 1.807) is 36.4 Å². The molecule has 0 fully saturated rings. The van der Waals surface area contributed by atoms with Crippen LogP contribution in [0.15, 0.2) is 58.1 Å². The van der Waals surface area contributed by atoms with Gasteiger partial charge in [0.25, 0.3) is 5.56 Å². The average Bonchev–Trinajstić information content (AvgIpc) is 2.70. The Bertz CT molecular complexity index is 1130. The summed E-state index contributed by atoms with van der Waals surface area (Å²) in [5, 5.41) is 3.24. The molecule has 0 spiro atoms. The van der Waals surface area contributed by atoms with Gasteiger partial charge in [0.15, 0.2) is 0 Å². The van der Waals surface area contributed by atoms with Crippen molar-refractivity contribution >= 4 is 16.8 Å². The molecular formula is C22H25N3O3. The molecule has 0 aliphatic carbocycles. The first-order valence-electron chi connectivity index (χ1n) is 9.53. The van der Waals surface area contributed by atoms with Gasteiger partial charge in [0.05, 0.1) is 16.6 Å². The molecule has 2 aromatic carbocycles. The third kappa shape index (κ3) is 3.76. The third-order valence-electron chi connectivity index (χ3n) is 4.67. The van der Waals surface area contributed by atoms with E-state index in [1.807, 2.05) is 32.9 Å². The molecule has 146 valence electrons. The Labute approximate surface area is 163 Å². The number of carbonyl (C=O) groups excluding carboxylic acids is 1. The summed E-state index contributed by atoms with van der Waals surface area (Å²) in [7, 11) is 0. The monoisotopic (exact) mass is 379 g/mol. The highest BCUT2D eigenvalue weighted by Crippen LogP contribution is 2.14. The van der Waals surface area contributed by atoms with Gasteiger partial charge < -0.3 is 5.32 Å². The molecule has 1 N–H and O–H groups in total. The molecule has 0 bridgehead atoms. The van der Waals surface area contributed by atoms with Gasteiger partial charge in [-0.1, -0.05) is 51.1 Å². The van der Waals surface area contributed by atoms with Crippen molar-refractivity contribution in [3.8, 4) is 5.69 Å². The lowest BCUT2D eigenvalue weighted by atomic mass is 10.1. The number of nitrogens with zero attached hydrogens (tertiary/aromatic N) is 2. The van der Waals surface area contributed by atoms with E-state index in [2.05, 4.69) is 5.32 Å². The van der Waals surface area contributed by atoms with Crippen LogP contribution in [0.4, 0.5) is 0 Å². The average molecular weight is 379 g/mol. The minimum Gasteiger partial charge on any atom is -0.354 e. The number of hydrogen-bond acceptors (Lipinski definition) is 3. The van der Waals surface area contributed by atoms with Crippen molar-refractivity contribution in [2.45, 2.75) is 33.7 Å². The number of amides is 1. The van der Waals surface area contributed by atoms with Crippen LogP contribution in [0.25, 0.3) is 16.6 Å². The second-order valence-corrected chi connectivity index (χ2v) is 7.21. The molecular weight excluding hydrogens is 354 g/mol. The third-order valence-corrected chi connectivity index (χ3v) is 4.67. The van der Waals surface area contributed by atoms with E-state index in [4.69, 9.17) is 0 Å². The molecule has 0 atom stereocenters. The Morgan fingerprint density at radius 1 is 1.04 bits per heavy atom. The number of carbonyl (C=O) groups is 1. The smallest absolute Gasteiger partial charge is 0.336 e. The normalized spacial score (nSPS) is 11.1. The van der Waals surface area contributed by atoms with Crippen LogP contribution in [0.1, 0.15) is 26.3 Å². The summed E-state index contributed by atoms with van der Waals surface area (Å²) in [6.45, 7) is 6.38. The SMILES string of the molecule is CCc1ccccc1-n1c(=O)c2ccccc2n(CC(=O)NCC(C)C)c1=O. The standard InChI is InChI=1S/C22H25N3O3/c1-4-16-9-5-7-11-18(16)25-21(27)17-10-6-8-12-19(17)24(22(25)28)14-20(26)23-13-15(2)3/h5-12,15H,4,13-14H2,1-3H3,(H,23,26). The fraction of sp³-hybridized carbons (Fsp3) is 0.318. The molecule has 0 aliphatic rings. The zero-order chi connectivity index (χ0) is 20.3. The molecule has 1 amide bonds. The number of benzene rings is 2. The molecule has 1 aromatic heterocycles. The number of fused-ring (bicyclic) bond motifs is 1. The molecule has 1 heterocycles. The molecule has 0 radical (unpaired) electrons. The second-order valence-electron chi connectivity index (χ2n) is 7.21. The van der Waals surface area contributed by atoms with Crippen molar-refractivity contribution in [3.63, 3.8) is 0 Å². The minimum atomic E-state index is -0.510. The van der Waals surface area contributed by atoms with Gasteiger partial charge in [0.2, 0.25) is 5.91 Å². The van der Waals surface area contributed by atoms with E-state index in [0.717, 1.165) is 5.56 Å². The topological polar surface area (TPSA) is 73.1 Å². The van der Waals surface area contributed by atoms with Gasteiger partial charge in [-0.15, -0.1) is 0 Å². The van der Waals surface area contributed by atoms with Crippen LogP contribution < -0.4 is 16.6 Å². The molecule has 0 saturated carbocycles. The van der Waals surface area contributed by atoms with Gasteiger partial charge in [-0.2, -0.15) is 0 Å². The van der Waals surface area contributed by atoms with Gasteiger partial charge in [0.1, 0.15) is 6.54 Å². The Morgan fingerprint density at radius 3 is 2.43 bits per heavy atom. The summed E-state index contributed by atoms with van der Waals surface area (Å²) in [6, 6.07) is 14.2. The molecule has 3 aromatic rings. The predicted molar refractivity (Wildman–Crippen MR) is 111 cm³/mol. The van der Waals surface area contributed by atoms with Crippen LogP contribution >= 0.6 is 0 Å². The lowest BCUT2D eigenvalue weighted by molar-refractivity contribution is -0.121. The Balaban J connectivity index is 2.23. The maximum atomic E-state index is 13.3. The van der Waals surface area contributed by atoms with Crippen LogP contribution in [0.5, 0.6) is 0 Å². The zero-order valence-electron chi connectivity index (χ0n) is 16.4. The van der Waals surface area contributed by atoms with E-state index in [0.29, 0.717) is 35.5 Å². The summed E-state index contributed by atoms with van der Waals surface area (Å²) >= 11 is 0. The lowest BCUT2D eigenvalue weighted by Crippen LogP contribution is -2.42. The number of aromatic nitrogens is 2. The maximum absolute atomic E-state index is 13.3. The van der Waals surface area contributed by atoms with E-state index < -0.39 is 5.69 Å². The van der Waals surface area contributed by atoms with Gasteiger partial charge in [0, 0.05) is 6.54 Å². The summed E-state index contributed by atoms with van der Waals surface area (Å²) in [4.78, 5) is 38.8. The maximum Gasteiger partial charge on any atom is 0.336 e. The summed E-state index contributed by atoms with van der Waals surface area (Å²) in [5.74, 6) is 0.0535. The van der Waals surface area contributed by atoms with Crippen molar-refractivity contribution in [1.29, 1.82) is 0 Å². The molecule has 0 unspecified atom stereocenters. The first-order chi connectivity index (χ1) is 13.4. The molecule has 28 heavy (non-hydrogen) atoms. The van der Waals surface area contributed by atoms with Crippen LogP contribution in [0.2, 0.25) is 0 Å². The number of nitrogens with one attached hydrogen (secondary N) is 1. The van der Waals surface area contributed by atoms with Gasteiger partial charge in [-0.25, -0.2) is 9.36 Å². The van der Waals surface area contributed by atoms with Crippen molar-refractivity contribution < 1.29 is 4.79 Å². The zero-order valence-corrected chi connectivity index (χ0v) is 16.4. The summed E-state index contributed by atoms with van der Waals surface area (Å²) in [5.41, 5.74) is 1.03. The first kappa shape index (κ1) is 19.6. The van der Waals surface area contributed by atoms with Crippen molar-refractivity contribution in [2.75, 3.05) is 6.54 Å². The first-order valence-corrected chi connectivity index (χ1v) is 9.53. The second kappa shape index (κ2) is 8.25. The quantitative estimate of drug-likeness (QED) is 0.715. The Kier molecular flexibility index (Phi) is 5.78. The number of rotatable bonds is 6. The lowest BCUT2D eigenvalue weighted by Gasteiger charge is -2.16. The van der Waals surface area contributed by atoms with Crippen molar-refractivity contribution in [3.05, 3.63) is 74.9 Å². The van der Waals surface area contributed by atoms with Crippen LogP contribution in [-0.4, -0.2) is 21.6 Å². The summed E-state index contributed by atoms with van der Waals surface area (Å²) < 4.78 is 2.55. The minimum absolute atomic E-state index is 0.138. The molecule has 3 rings (SSSR count). The van der Waals surface area contributed by atoms with E-state index in [9.17, 15) is 14.4 Å². The van der Waals surface area contributed by atoms with Crippen LogP contribution in [0.3, 0.4) is 0 Å². The number of para-hydroxylation sites is 2. The fourth-order valence-corrected chi connectivity index (χ4v) is 3.23. The molecule has 0 saturated heterocycles. The summed E-state index contributed by atoms with van der Waals surface area (Å²) in [6.07, 6.45) is 0.684. The Morgan fingerprint density at radius 2 is 1.71 bits per heavy atom. The highest BCUT2D eigenvalue weighted by molar-refractivity contribution is 5.82. The largest absolute Gasteiger partial charge is 0.354 e. The molecule has 6 nitrogen and oxygen atoms in total. The number of hydrogen-bond donors (Lipinski definition) is 1. The van der Waals surface area contributed by atoms with Crippen molar-refractivity contribution in [2.24, 2.45) is 5.92 Å². The predicted octanol–water partition coefficient (Wildman–Crippen LogP) is 2.49. The van der Waals surface area contributed by atoms with Gasteiger partial charge >= 0.3 is 5.69 Å². The van der Waals surface area contributed by atoms with Crippen molar-refractivity contribution in [1.82, 2.24) is 14.5 Å².